The number of hydrogen-bond donors (Lipinski definition) is 2. The molecule has 0 saturated carbocycles. The third-order valence-electron chi connectivity index (χ3n) is 2.83. The van der Waals surface area contributed by atoms with Crippen LogP contribution in [-0.2, 0) is 9.47 Å². The van der Waals surface area contributed by atoms with E-state index in [1.165, 1.54) is 0 Å². The first kappa shape index (κ1) is 17.0. The molecular weight excluding hydrogens is 279 g/mol. The maximum atomic E-state index is 12.4. The molecule has 0 spiro atoms. The van der Waals surface area contributed by atoms with E-state index in [2.05, 4.69) is 5.32 Å². The summed E-state index contributed by atoms with van der Waals surface area (Å²) in [5.74, 6) is 0. The molecule has 0 aromatic rings. The van der Waals surface area contributed by atoms with Crippen LogP contribution < -0.4 is 5.32 Å². The van der Waals surface area contributed by atoms with Crippen LogP contribution in [0.3, 0.4) is 0 Å². The average molecular weight is 299 g/mol. The van der Waals surface area contributed by atoms with Crippen molar-refractivity contribution in [2.75, 3.05) is 13.2 Å². The van der Waals surface area contributed by atoms with E-state index in [9.17, 15) is 23.1 Å². The lowest BCUT2D eigenvalue weighted by Crippen LogP contribution is -2.54. The van der Waals surface area contributed by atoms with E-state index < -0.39 is 35.9 Å². The van der Waals surface area contributed by atoms with Gasteiger partial charge in [0.2, 0.25) is 0 Å². The van der Waals surface area contributed by atoms with Gasteiger partial charge in [-0.05, 0) is 27.2 Å². The summed E-state index contributed by atoms with van der Waals surface area (Å²) < 4.78 is 47.4. The van der Waals surface area contributed by atoms with Gasteiger partial charge < -0.3 is 19.9 Å². The number of aliphatic hydroxyl groups is 1. The molecule has 0 radical (unpaired) electrons. The van der Waals surface area contributed by atoms with E-state index >= 15 is 0 Å². The van der Waals surface area contributed by atoms with Crippen LogP contribution in [-0.4, -0.2) is 47.8 Å². The zero-order chi connectivity index (χ0) is 15.6. The van der Waals surface area contributed by atoms with Gasteiger partial charge in [-0.3, -0.25) is 0 Å². The Morgan fingerprint density at radius 2 is 2.05 bits per heavy atom. The third kappa shape index (κ3) is 5.16. The molecule has 2 N–H and O–H groups in total. The van der Waals surface area contributed by atoms with Crippen LogP contribution in [0.4, 0.5) is 18.0 Å². The highest BCUT2D eigenvalue weighted by Gasteiger charge is 2.47. The van der Waals surface area contributed by atoms with Gasteiger partial charge in [-0.2, -0.15) is 13.2 Å². The second-order valence-electron chi connectivity index (χ2n) is 5.97. The van der Waals surface area contributed by atoms with Crippen molar-refractivity contribution in [3.63, 3.8) is 0 Å². The number of carbonyl (C=O) groups is 1. The van der Waals surface area contributed by atoms with Crippen LogP contribution in [0.5, 0.6) is 0 Å². The van der Waals surface area contributed by atoms with Gasteiger partial charge in [-0.15, -0.1) is 0 Å². The number of carbonyl (C=O) groups excluding carboxylic acids is 1. The fourth-order valence-electron chi connectivity index (χ4n) is 1.92. The molecule has 1 heterocycles. The molecule has 0 aromatic heterocycles. The Kier molecular flexibility index (Phi) is 4.91. The van der Waals surface area contributed by atoms with Gasteiger partial charge in [-0.25, -0.2) is 4.79 Å². The smallest absolute Gasteiger partial charge is 0.414 e. The molecule has 118 valence electrons. The predicted octanol–water partition coefficient (Wildman–Crippen LogP) is 1.98. The Hall–Kier alpha value is -1.02. The molecule has 2 atom stereocenters. The Morgan fingerprint density at radius 1 is 1.45 bits per heavy atom. The molecule has 1 rings (SSSR count). The topological polar surface area (TPSA) is 67.8 Å². The van der Waals surface area contributed by atoms with Gasteiger partial charge in [0, 0.05) is 13.0 Å². The van der Waals surface area contributed by atoms with Crippen molar-refractivity contribution in [2.24, 2.45) is 0 Å². The minimum atomic E-state index is -4.73. The van der Waals surface area contributed by atoms with E-state index in [0.717, 1.165) is 0 Å². The number of amides is 1. The largest absolute Gasteiger partial charge is 0.444 e. The second kappa shape index (κ2) is 5.77. The minimum Gasteiger partial charge on any atom is -0.444 e. The Balaban J connectivity index is 2.70. The van der Waals surface area contributed by atoms with E-state index in [0.29, 0.717) is 0 Å². The molecule has 1 fully saturated rings. The molecule has 2 unspecified atom stereocenters. The summed E-state index contributed by atoms with van der Waals surface area (Å²) in [7, 11) is 0. The molecule has 20 heavy (non-hydrogen) atoms. The fraction of sp³-hybridized carbons (Fsp3) is 0.917. The van der Waals surface area contributed by atoms with E-state index in [1.807, 2.05) is 0 Å². The van der Waals surface area contributed by atoms with Crippen molar-refractivity contribution in [1.82, 2.24) is 5.32 Å². The van der Waals surface area contributed by atoms with Crippen molar-refractivity contribution in [2.45, 2.75) is 57.0 Å². The average Bonchev–Trinajstić information content (AvgIpc) is 2.61. The number of rotatable bonds is 3. The van der Waals surface area contributed by atoms with Gasteiger partial charge in [0.25, 0.3) is 0 Å². The van der Waals surface area contributed by atoms with Crippen LogP contribution in [0.15, 0.2) is 0 Å². The van der Waals surface area contributed by atoms with Crippen molar-refractivity contribution in [1.29, 1.82) is 0 Å². The maximum absolute atomic E-state index is 12.4. The van der Waals surface area contributed by atoms with Gasteiger partial charge in [0.1, 0.15) is 5.60 Å². The molecule has 0 aromatic carbocycles. The first-order valence-corrected chi connectivity index (χ1v) is 6.27. The van der Waals surface area contributed by atoms with Crippen LogP contribution in [0.25, 0.3) is 0 Å². The third-order valence-corrected chi connectivity index (χ3v) is 2.83. The summed E-state index contributed by atoms with van der Waals surface area (Å²) in [5, 5.41) is 11.6. The number of alkyl carbamates (subject to hydrolysis) is 1. The molecule has 1 saturated heterocycles. The zero-order valence-corrected chi connectivity index (χ0v) is 11.7. The number of halogens is 3. The lowest BCUT2D eigenvalue weighted by Gasteiger charge is -2.32. The Bertz CT molecular complexity index is 346. The minimum absolute atomic E-state index is 0.0839. The van der Waals surface area contributed by atoms with Crippen molar-refractivity contribution in [3.05, 3.63) is 0 Å². The van der Waals surface area contributed by atoms with Crippen LogP contribution >= 0.6 is 0 Å². The molecular formula is C12H20F3NO4. The number of nitrogens with one attached hydrogen (secondary N) is 1. The summed E-state index contributed by atoms with van der Waals surface area (Å²) >= 11 is 0. The highest BCUT2D eigenvalue weighted by atomic mass is 19.4. The molecule has 5 nitrogen and oxygen atoms in total. The quantitative estimate of drug-likeness (QED) is 0.836. The number of aliphatic hydroxyl groups excluding tert-OH is 1. The van der Waals surface area contributed by atoms with Gasteiger partial charge in [0.15, 0.2) is 6.10 Å². The highest BCUT2D eigenvalue weighted by Crippen LogP contribution is 2.31. The zero-order valence-electron chi connectivity index (χ0n) is 11.7. The Morgan fingerprint density at radius 3 is 2.45 bits per heavy atom. The van der Waals surface area contributed by atoms with E-state index in [-0.39, 0.29) is 19.6 Å². The van der Waals surface area contributed by atoms with Gasteiger partial charge in [0.05, 0.1) is 12.1 Å². The lowest BCUT2D eigenvalue weighted by molar-refractivity contribution is -0.210. The second-order valence-corrected chi connectivity index (χ2v) is 5.97. The molecule has 0 bridgehead atoms. The monoisotopic (exact) mass is 299 g/mol. The highest BCUT2D eigenvalue weighted by molar-refractivity contribution is 5.68. The number of hydrogen-bond acceptors (Lipinski definition) is 4. The Labute approximate surface area is 115 Å². The summed E-state index contributed by atoms with van der Waals surface area (Å²) in [5.41, 5.74) is -2.01. The molecule has 1 amide bonds. The van der Waals surface area contributed by atoms with Crippen molar-refractivity contribution < 1.29 is 32.5 Å². The first-order chi connectivity index (χ1) is 8.94. The van der Waals surface area contributed by atoms with Crippen LogP contribution in [0, 0.1) is 0 Å². The summed E-state index contributed by atoms with van der Waals surface area (Å²) in [6, 6.07) is 0. The van der Waals surface area contributed by atoms with Crippen molar-refractivity contribution >= 4 is 6.09 Å². The molecule has 1 aliphatic heterocycles. The summed E-state index contributed by atoms with van der Waals surface area (Å²) in [6.45, 7) is 5.08. The van der Waals surface area contributed by atoms with Crippen LogP contribution in [0.1, 0.15) is 33.6 Å². The SMILES string of the molecule is CC(C)(C)OC(=O)NC1(CC(O)C(F)(F)F)CCOC1. The fourth-order valence-corrected chi connectivity index (χ4v) is 1.92. The van der Waals surface area contributed by atoms with E-state index in [1.54, 1.807) is 20.8 Å². The number of alkyl halides is 3. The maximum Gasteiger partial charge on any atom is 0.414 e. The standard InChI is InChI=1S/C12H20F3NO4/c1-10(2,3)20-9(18)16-11(4-5-19-7-11)6-8(17)12(13,14)15/h8,17H,4-7H2,1-3H3,(H,16,18). The molecule has 8 heteroatoms. The number of ether oxygens (including phenoxy) is 2. The van der Waals surface area contributed by atoms with E-state index in [4.69, 9.17) is 9.47 Å². The normalized spacial score (nSPS) is 25.4. The lowest BCUT2D eigenvalue weighted by atomic mass is 9.91. The molecule has 1 aliphatic rings. The molecule has 0 aliphatic carbocycles. The van der Waals surface area contributed by atoms with Gasteiger partial charge >= 0.3 is 12.3 Å². The van der Waals surface area contributed by atoms with Crippen molar-refractivity contribution in [3.8, 4) is 0 Å². The van der Waals surface area contributed by atoms with Crippen LogP contribution in [0.2, 0.25) is 0 Å². The van der Waals surface area contributed by atoms with Gasteiger partial charge in [-0.1, -0.05) is 0 Å². The summed E-state index contributed by atoms with van der Waals surface area (Å²) in [6.07, 6.45) is -8.53. The summed E-state index contributed by atoms with van der Waals surface area (Å²) in [4.78, 5) is 11.7. The first-order valence-electron chi connectivity index (χ1n) is 6.27. The predicted molar refractivity (Wildman–Crippen MR) is 64.2 cm³/mol.